The van der Waals surface area contributed by atoms with E-state index in [1.54, 1.807) is 6.07 Å². The molecule has 1 aromatic heterocycles. The van der Waals surface area contributed by atoms with E-state index >= 15 is 0 Å². The Morgan fingerprint density at radius 2 is 2.00 bits per heavy atom. The van der Waals surface area contributed by atoms with E-state index in [4.69, 9.17) is 11.6 Å². The second-order valence-corrected chi connectivity index (χ2v) is 6.13. The zero-order valence-corrected chi connectivity index (χ0v) is 14.1. The number of nitrogens with zero attached hydrogens (tertiary/aromatic N) is 1. The number of carbonyl (C=O) groups excluding carboxylic acids is 2. The minimum Gasteiger partial charge on any atom is -0.334 e. The molecule has 8 nitrogen and oxygen atoms in total. The number of benzene rings is 1. The third kappa shape index (κ3) is 3.48. The van der Waals surface area contributed by atoms with Crippen molar-refractivity contribution in [2.24, 2.45) is 0 Å². The Hall–Kier alpha value is -2.87. The van der Waals surface area contributed by atoms with Gasteiger partial charge in [-0.05, 0) is 18.2 Å². The van der Waals surface area contributed by atoms with Gasteiger partial charge in [-0.25, -0.2) is 4.79 Å². The average molecular weight is 363 g/mol. The molecule has 0 saturated carbocycles. The lowest BCUT2D eigenvalue weighted by Crippen LogP contribution is -2.41. The number of rotatable bonds is 2. The lowest BCUT2D eigenvalue weighted by molar-refractivity contribution is -0.114. The molecule has 130 valence electrons. The maximum atomic E-state index is 12.8. The van der Waals surface area contributed by atoms with E-state index in [2.05, 4.69) is 15.3 Å². The quantitative estimate of drug-likeness (QED) is 0.735. The molecule has 3 rings (SSSR count). The third-order valence-electron chi connectivity index (χ3n) is 3.91. The Kier molecular flexibility index (Phi) is 4.45. The van der Waals surface area contributed by atoms with Crippen LogP contribution in [-0.4, -0.2) is 33.2 Å². The van der Waals surface area contributed by atoms with Crippen LogP contribution in [0.25, 0.3) is 0 Å². The summed E-state index contributed by atoms with van der Waals surface area (Å²) in [7, 11) is 0. The van der Waals surface area contributed by atoms with Gasteiger partial charge in [-0.2, -0.15) is 0 Å². The number of hydrogen-bond acceptors (Lipinski definition) is 4. The fraction of sp³-hybridized carbons (Fsp3) is 0.250. The van der Waals surface area contributed by atoms with Crippen LogP contribution < -0.4 is 16.6 Å². The summed E-state index contributed by atoms with van der Waals surface area (Å²) in [5.41, 5.74) is 0.519. The van der Waals surface area contributed by atoms with Gasteiger partial charge in [0, 0.05) is 31.3 Å². The molecule has 1 aliphatic rings. The molecule has 2 aromatic rings. The SMILES string of the molecule is CC(=O)Nc1ccc(Cl)c(C(=O)N2CCc3[nH]c(=O)[nH]c(=O)c3C2)c1. The second-order valence-electron chi connectivity index (χ2n) is 5.72. The van der Waals surface area contributed by atoms with Crippen LogP contribution in [0.4, 0.5) is 5.69 Å². The van der Waals surface area contributed by atoms with E-state index < -0.39 is 11.2 Å². The van der Waals surface area contributed by atoms with Crippen molar-refractivity contribution in [1.82, 2.24) is 14.9 Å². The fourth-order valence-corrected chi connectivity index (χ4v) is 2.97. The summed E-state index contributed by atoms with van der Waals surface area (Å²) in [6.07, 6.45) is 0.364. The molecule has 25 heavy (non-hydrogen) atoms. The van der Waals surface area contributed by atoms with E-state index in [0.29, 0.717) is 29.9 Å². The Balaban J connectivity index is 1.90. The number of halogens is 1. The van der Waals surface area contributed by atoms with Gasteiger partial charge in [0.1, 0.15) is 0 Å². The molecule has 3 N–H and O–H groups in total. The summed E-state index contributed by atoms with van der Waals surface area (Å²) < 4.78 is 0. The van der Waals surface area contributed by atoms with Gasteiger partial charge in [0.2, 0.25) is 5.91 Å². The van der Waals surface area contributed by atoms with Crippen molar-refractivity contribution in [1.29, 1.82) is 0 Å². The van der Waals surface area contributed by atoms with Crippen LogP contribution in [-0.2, 0) is 17.8 Å². The van der Waals surface area contributed by atoms with E-state index in [9.17, 15) is 19.2 Å². The molecule has 2 heterocycles. The summed E-state index contributed by atoms with van der Waals surface area (Å²) in [5.74, 6) is -0.614. The zero-order valence-electron chi connectivity index (χ0n) is 13.3. The first kappa shape index (κ1) is 17.0. The standard InChI is InChI=1S/C16H15ClN4O4/c1-8(22)18-9-2-3-12(17)10(6-9)15(24)21-5-4-13-11(7-21)14(23)20-16(25)19-13/h2-3,6H,4-5,7H2,1H3,(H,18,22)(H2,19,20,23,25). The molecule has 0 fully saturated rings. The lowest BCUT2D eigenvalue weighted by atomic mass is 10.1. The summed E-state index contributed by atoms with van der Waals surface area (Å²) >= 11 is 6.12. The third-order valence-corrected chi connectivity index (χ3v) is 4.24. The smallest absolute Gasteiger partial charge is 0.325 e. The minimum atomic E-state index is -0.561. The van der Waals surface area contributed by atoms with Crippen molar-refractivity contribution in [3.63, 3.8) is 0 Å². The molecule has 0 radical (unpaired) electrons. The van der Waals surface area contributed by atoms with Crippen molar-refractivity contribution in [2.75, 3.05) is 11.9 Å². The van der Waals surface area contributed by atoms with Crippen LogP contribution in [0.15, 0.2) is 27.8 Å². The first-order valence-corrected chi connectivity index (χ1v) is 7.93. The number of aromatic amines is 2. The molecule has 0 saturated heterocycles. The molecule has 1 aromatic carbocycles. The van der Waals surface area contributed by atoms with Crippen molar-refractivity contribution in [3.8, 4) is 0 Å². The molecule has 0 unspecified atom stereocenters. The highest BCUT2D eigenvalue weighted by Crippen LogP contribution is 2.24. The highest BCUT2D eigenvalue weighted by atomic mass is 35.5. The Morgan fingerprint density at radius 1 is 1.24 bits per heavy atom. The van der Waals surface area contributed by atoms with Gasteiger partial charge in [0.05, 0.1) is 22.7 Å². The molecule has 1 aliphatic heterocycles. The van der Waals surface area contributed by atoms with Gasteiger partial charge in [0.15, 0.2) is 0 Å². The maximum Gasteiger partial charge on any atom is 0.325 e. The normalized spacial score (nSPS) is 13.3. The predicted molar refractivity (Wildman–Crippen MR) is 91.9 cm³/mol. The van der Waals surface area contributed by atoms with Crippen molar-refractivity contribution in [3.05, 3.63) is 60.9 Å². The molecule has 0 aliphatic carbocycles. The number of hydrogen-bond donors (Lipinski definition) is 3. The highest BCUT2D eigenvalue weighted by Gasteiger charge is 2.26. The minimum absolute atomic E-state index is 0.0704. The number of anilines is 1. The van der Waals surface area contributed by atoms with Crippen LogP contribution in [0, 0.1) is 0 Å². The van der Waals surface area contributed by atoms with Gasteiger partial charge in [-0.1, -0.05) is 11.6 Å². The Morgan fingerprint density at radius 3 is 2.72 bits per heavy atom. The van der Waals surface area contributed by atoms with E-state index in [1.165, 1.54) is 24.0 Å². The molecular formula is C16H15ClN4O4. The first-order chi connectivity index (χ1) is 11.8. The first-order valence-electron chi connectivity index (χ1n) is 7.56. The Labute approximate surface area is 146 Å². The van der Waals surface area contributed by atoms with E-state index in [0.717, 1.165) is 0 Å². The molecule has 0 atom stereocenters. The lowest BCUT2D eigenvalue weighted by Gasteiger charge is -2.28. The van der Waals surface area contributed by atoms with E-state index in [1.807, 2.05) is 0 Å². The average Bonchev–Trinajstić information content (AvgIpc) is 2.55. The molecular weight excluding hydrogens is 348 g/mol. The summed E-state index contributed by atoms with van der Waals surface area (Å²) in [5, 5.41) is 2.85. The van der Waals surface area contributed by atoms with Gasteiger partial charge >= 0.3 is 5.69 Å². The summed E-state index contributed by atoms with van der Waals surface area (Å²) in [4.78, 5) is 53.5. The van der Waals surface area contributed by atoms with Gasteiger partial charge in [-0.3, -0.25) is 19.4 Å². The largest absolute Gasteiger partial charge is 0.334 e. The van der Waals surface area contributed by atoms with Crippen LogP contribution in [0.5, 0.6) is 0 Å². The van der Waals surface area contributed by atoms with Crippen molar-refractivity contribution in [2.45, 2.75) is 19.9 Å². The molecule has 0 bridgehead atoms. The maximum absolute atomic E-state index is 12.8. The zero-order chi connectivity index (χ0) is 18.1. The van der Waals surface area contributed by atoms with Gasteiger partial charge in [-0.15, -0.1) is 0 Å². The van der Waals surface area contributed by atoms with Gasteiger partial charge in [0.25, 0.3) is 11.5 Å². The molecule has 0 spiro atoms. The number of carbonyl (C=O) groups is 2. The van der Waals surface area contributed by atoms with Crippen LogP contribution in [0.3, 0.4) is 0 Å². The van der Waals surface area contributed by atoms with Crippen LogP contribution in [0.2, 0.25) is 5.02 Å². The Bertz CT molecular complexity index is 979. The number of amides is 2. The number of fused-ring (bicyclic) bond motifs is 1. The highest BCUT2D eigenvalue weighted by molar-refractivity contribution is 6.34. The van der Waals surface area contributed by atoms with Gasteiger partial charge < -0.3 is 15.2 Å². The van der Waals surface area contributed by atoms with Crippen molar-refractivity contribution < 1.29 is 9.59 Å². The summed E-state index contributed by atoms with van der Waals surface area (Å²) in [6, 6.07) is 4.63. The number of nitrogens with one attached hydrogen (secondary N) is 3. The van der Waals surface area contributed by atoms with Crippen LogP contribution in [0.1, 0.15) is 28.5 Å². The van der Waals surface area contributed by atoms with Crippen molar-refractivity contribution >= 4 is 29.1 Å². The number of H-pyrrole nitrogens is 2. The molecule has 2 amide bonds. The summed E-state index contributed by atoms with van der Waals surface area (Å²) in [6.45, 7) is 1.78. The van der Waals surface area contributed by atoms with Crippen LogP contribution >= 0.6 is 11.6 Å². The fourth-order valence-electron chi connectivity index (χ4n) is 2.77. The topological polar surface area (TPSA) is 115 Å². The predicted octanol–water partition coefficient (Wildman–Crippen LogP) is 0.873. The monoisotopic (exact) mass is 362 g/mol. The molecule has 9 heteroatoms. The second kappa shape index (κ2) is 6.56. The van der Waals surface area contributed by atoms with E-state index in [-0.39, 0.29) is 28.9 Å². The number of aromatic nitrogens is 2.